The summed E-state index contributed by atoms with van der Waals surface area (Å²) in [5.74, 6) is 0. The van der Waals surface area contributed by atoms with Crippen LogP contribution < -0.4 is 10.6 Å². The number of amides is 2. The molecule has 1 aliphatic rings. The van der Waals surface area contributed by atoms with Crippen molar-refractivity contribution in [3.63, 3.8) is 0 Å². The SMILES string of the molecule is CC(C)(C)OC(=O)N[C@@H]1CC[C@@H](NC(=O)OCc2ccccc2)C[C@@H]1O. The third-order valence-electron chi connectivity index (χ3n) is 4.05. The second-order valence-corrected chi connectivity index (χ2v) is 7.54. The molecule has 0 radical (unpaired) electrons. The highest BCUT2D eigenvalue weighted by Crippen LogP contribution is 2.20. The molecule has 26 heavy (non-hydrogen) atoms. The van der Waals surface area contributed by atoms with Gasteiger partial charge in [-0.25, -0.2) is 9.59 Å². The summed E-state index contributed by atoms with van der Waals surface area (Å²) >= 11 is 0. The van der Waals surface area contributed by atoms with Gasteiger partial charge >= 0.3 is 12.2 Å². The summed E-state index contributed by atoms with van der Waals surface area (Å²) < 4.78 is 10.4. The highest BCUT2D eigenvalue weighted by atomic mass is 16.6. The fraction of sp³-hybridized carbons (Fsp3) is 0.579. The summed E-state index contributed by atoms with van der Waals surface area (Å²) in [5.41, 5.74) is 0.323. The van der Waals surface area contributed by atoms with E-state index in [-0.39, 0.29) is 18.7 Å². The zero-order valence-corrected chi connectivity index (χ0v) is 15.5. The smallest absolute Gasteiger partial charge is 0.407 e. The van der Waals surface area contributed by atoms with Gasteiger partial charge in [0.25, 0.3) is 0 Å². The van der Waals surface area contributed by atoms with Crippen LogP contribution in [0.4, 0.5) is 9.59 Å². The largest absolute Gasteiger partial charge is 0.445 e. The number of aliphatic hydroxyl groups excluding tert-OH is 1. The number of rotatable bonds is 4. The molecule has 1 saturated carbocycles. The van der Waals surface area contributed by atoms with Crippen molar-refractivity contribution in [2.75, 3.05) is 0 Å². The molecule has 0 spiro atoms. The maximum atomic E-state index is 11.9. The first-order chi connectivity index (χ1) is 12.2. The van der Waals surface area contributed by atoms with Crippen LogP contribution in [0, 0.1) is 0 Å². The van der Waals surface area contributed by atoms with Gasteiger partial charge in [-0.15, -0.1) is 0 Å². The molecule has 0 unspecified atom stereocenters. The minimum absolute atomic E-state index is 0.190. The fourth-order valence-electron chi connectivity index (χ4n) is 2.84. The molecule has 2 amide bonds. The van der Waals surface area contributed by atoms with Crippen molar-refractivity contribution in [3.8, 4) is 0 Å². The number of hydrogen-bond donors (Lipinski definition) is 3. The Hall–Kier alpha value is -2.28. The molecular weight excluding hydrogens is 336 g/mol. The first-order valence-corrected chi connectivity index (χ1v) is 8.88. The highest BCUT2D eigenvalue weighted by Gasteiger charge is 2.32. The van der Waals surface area contributed by atoms with Crippen molar-refractivity contribution < 1.29 is 24.2 Å². The number of carbonyl (C=O) groups is 2. The molecule has 144 valence electrons. The topological polar surface area (TPSA) is 96.9 Å². The molecule has 0 aliphatic heterocycles. The van der Waals surface area contributed by atoms with Gasteiger partial charge < -0.3 is 25.2 Å². The lowest BCUT2D eigenvalue weighted by Gasteiger charge is -2.34. The molecule has 2 rings (SSSR count). The molecular formula is C19H28N2O5. The summed E-state index contributed by atoms with van der Waals surface area (Å²) in [6, 6.07) is 8.84. The van der Waals surface area contributed by atoms with Gasteiger partial charge in [0.2, 0.25) is 0 Å². The molecule has 7 heteroatoms. The third-order valence-corrected chi connectivity index (χ3v) is 4.05. The monoisotopic (exact) mass is 364 g/mol. The van der Waals surface area contributed by atoms with E-state index >= 15 is 0 Å². The molecule has 1 fully saturated rings. The van der Waals surface area contributed by atoms with Crippen molar-refractivity contribution in [2.24, 2.45) is 0 Å². The first-order valence-electron chi connectivity index (χ1n) is 8.88. The maximum absolute atomic E-state index is 11.9. The summed E-state index contributed by atoms with van der Waals surface area (Å²) in [7, 11) is 0. The average Bonchev–Trinajstić information content (AvgIpc) is 2.55. The van der Waals surface area contributed by atoms with Gasteiger partial charge in [0.1, 0.15) is 12.2 Å². The number of benzene rings is 1. The van der Waals surface area contributed by atoms with E-state index in [0.29, 0.717) is 19.3 Å². The average molecular weight is 364 g/mol. The van der Waals surface area contributed by atoms with Gasteiger partial charge in [0.05, 0.1) is 12.1 Å². The van der Waals surface area contributed by atoms with Crippen LogP contribution in [0.3, 0.4) is 0 Å². The van der Waals surface area contributed by atoms with Crippen LogP contribution in [0.15, 0.2) is 30.3 Å². The Bertz CT molecular complexity index is 600. The lowest BCUT2D eigenvalue weighted by atomic mass is 9.89. The second-order valence-electron chi connectivity index (χ2n) is 7.54. The molecule has 1 aromatic carbocycles. The first kappa shape index (κ1) is 20.0. The van der Waals surface area contributed by atoms with Crippen molar-refractivity contribution in [1.82, 2.24) is 10.6 Å². The Morgan fingerprint density at radius 3 is 2.42 bits per heavy atom. The number of nitrogens with one attached hydrogen (secondary N) is 2. The lowest BCUT2D eigenvalue weighted by Crippen LogP contribution is -2.52. The van der Waals surface area contributed by atoms with E-state index in [0.717, 1.165) is 5.56 Å². The Morgan fingerprint density at radius 2 is 1.81 bits per heavy atom. The van der Waals surface area contributed by atoms with E-state index in [2.05, 4.69) is 10.6 Å². The second kappa shape index (κ2) is 8.89. The minimum Gasteiger partial charge on any atom is -0.445 e. The molecule has 7 nitrogen and oxygen atoms in total. The zero-order valence-electron chi connectivity index (χ0n) is 15.5. The Labute approximate surface area is 154 Å². The summed E-state index contributed by atoms with van der Waals surface area (Å²) in [4.78, 5) is 23.7. The number of carbonyl (C=O) groups excluding carboxylic acids is 2. The number of alkyl carbamates (subject to hydrolysis) is 2. The van der Waals surface area contributed by atoms with Crippen LogP contribution in [-0.4, -0.2) is 41.1 Å². The van der Waals surface area contributed by atoms with Crippen LogP contribution in [-0.2, 0) is 16.1 Å². The normalized spacial score (nSPS) is 23.0. The predicted molar refractivity (Wildman–Crippen MR) is 96.6 cm³/mol. The molecule has 0 heterocycles. The van der Waals surface area contributed by atoms with Gasteiger partial charge in [-0.2, -0.15) is 0 Å². The van der Waals surface area contributed by atoms with E-state index in [1.165, 1.54) is 0 Å². The van der Waals surface area contributed by atoms with Crippen molar-refractivity contribution in [2.45, 2.75) is 70.4 Å². The maximum Gasteiger partial charge on any atom is 0.407 e. The number of ether oxygens (including phenoxy) is 2. The van der Waals surface area contributed by atoms with Gasteiger partial charge in [0, 0.05) is 6.04 Å². The van der Waals surface area contributed by atoms with Gasteiger partial charge in [0.15, 0.2) is 0 Å². The molecule has 1 aliphatic carbocycles. The summed E-state index contributed by atoms with van der Waals surface area (Å²) in [6.45, 7) is 5.55. The molecule has 0 bridgehead atoms. The van der Waals surface area contributed by atoms with Gasteiger partial charge in [-0.1, -0.05) is 30.3 Å². The van der Waals surface area contributed by atoms with Crippen molar-refractivity contribution >= 4 is 12.2 Å². The van der Waals surface area contributed by atoms with E-state index in [1.807, 2.05) is 30.3 Å². The third kappa shape index (κ3) is 6.92. The van der Waals surface area contributed by atoms with Crippen molar-refractivity contribution in [3.05, 3.63) is 35.9 Å². The molecule has 1 aromatic rings. The molecule has 0 aromatic heterocycles. The van der Waals surface area contributed by atoms with Crippen LogP contribution >= 0.6 is 0 Å². The summed E-state index contributed by atoms with van der Waals surface area (Å²) in [5, 5.41) is 15.7. The van der Waals surface area contributed by atoms with Gasteiger partial charge in [-0.3, -0.25) is 0 Å². The minimum atomic E-state index is -0.754. The van der Waals surface area contributed by atoms with E-state index in [1.54, 1.807) is 20.8 Å². The van der Waals surface area contributed by atoms with Crippen molar-refractivity contribution in [1.29, 1.82) is 0 Å². The van der Waals surface area contributed by atoms with Crippen LogP contribution in [0.2, 0.25) is 0 Å². The van der Waals surface area contributed by atoms with Gasteiger partial charge in [-0.05, 0) is 45.6 Å². The Morgan fingerprint density at radius 1 is 1.12 bits per heavy atom. The highest BCUT2D eigenvalue weighted by molar-refractivity contribution is 5.68. The van der Waals surface area contributed by atoms with Crippen LogP contribution in [0.5, 0.6) is 0 Å². The Kier molecular flexibility index (Phi) is 6.85. The van der Waals surface area contributed by atoms with E-state index in [4.69, 9.17) is 9.47 Å². The van der Waals surface area contributed by atoms with E-state index < -0.39 is 23.9 Å². The fourth-order valence-corrected chi connectivity index (χ4v) is 2.84. The zero-order chi connectivity index (χ0) is 19.2. The van der Waals surface area contributed by atoms with E-state index in [9.17, 15) is 14.7 Å². The molecule has 3 N–H and O–H groups in total. The predicted octanol–water partition coefficient (Wildman–Crippen LogP) is 2.72. The summed E-state index contributed by atoms with van der Waals surface area (Å²) in [6.07, 6.45) is -0.279. The number of aliphatic hydroxyl groups is 1. The lowest BCUT2D eigenvalue weighted by molar-refractivity contribution is 0.0322. The van der Waals surface area contributed by atoms with Crippen LogP contribution in [0.1, 0.15) is 45.6 Å². The standard InChI is InChI=1S/C19H28N2O5/c1-19(2,3)26-18(24)21-15-10-9-14(11-16(15)22)20-17(23)25-12-13-7-5-4-6-8-13/h4-8,14-16,22H,9-12H2,1-3H3,(H,20,23)(H,21,24)/t14-,15-,16+/m1/s1. The van der Waals surface area contributed by atoms with Crippen LogP contribution in [0.25, 0.3) is 0 Å². The quantitative estimate of drug-likeness (QED) is 0.763. The molecule has 0 saturated heterocycles. The Balaban J connectivity index is 1.72. The number of hydrogen-bond acceptors (Lipinski definition) is 5. The molecule has 3 atom stereocenters.